The third kappa shape index (κ3) is 2.68. The van der Waals surface area contributed by atoms with E-state index < -0.39 is 5.97 Å². The van der Waals surface area contributed by atoms with Crippen molar-refractivity contribution in [1.82, 2.24) is 0 Å². The minimum Gasteiger partial charge on any atom is -0.544 e. The Morgan fingerprint density at radius 1 is 1.45 bits per heavy atom. The van der Waals surface area contributed by atoms with E-state index in [0.717, 1.165) is 5.56 Å². The van der Waals surface area contributed by atoms with Crippen LogP contribution in [0, 0.1) is 19.1 Å². The zero-order chi connectivity index (χ0) is 7.56. The average Bonchev–Trinajstić information content (AvgIpc) is 1.88. The van der Waals surface area contributed by atoms with E-state index in [9.17, 15) is 9.90 Å². The SMILES string of the molecule is Cc1c#cc(C(=O)[O-])cc1.[Li+]. The molecule has 0 unspecified atom stereocenters. The largest absolute Gasteiger partial charge is 1.00 e. The van der Waals surface area contributed by atoms with E-state index in [1.807, 2.05) is 6.92 Å². The quantitative estimate of drug-likeness (QED) is 0.389. The van der Waals surface area contributed by atoms with Crippen molar-refractivity contribution in [3.05, 3.63) is 35.4 Å². The Morgan fingerprint density at radius 2 is 2.09 bits per heavy atom. The van der Waals surface area contributed by atoms with Crippen molar-refractivity contribution < 1.29 is 28.8 Å². The van der Waals surface area contributed by atoms with E-state index >= 15 is 0 Å². The smallest absolute Gasteiger partial charge is 0.544 e. The fourth-order valence-electron chi connectivity index (χ4n) is 0.577. The van der Waals surface area contributed by atoms with Gasteiger partial charge in [-0.15, -0.1) is 0 Å². The van der Waals surface area contributed by atoms with Crippen LogP contribution in [0.4, 0.5) is 0 Å². The van der Waals surface area contributed by atoms with Crippen LogP contribution in [0.5, 0.6) is 0 Å². The molecule has 0 radical (unpaired) electrons. The summed E-state index contributed by atoms with van der Waals surface area (Å²) in [5, 5.41) is 10.1. The number of hydrogen-bond acceptors (Lipinski definition) is 2. The van der Waals surface area contributed by atoms with E-state index in [4.69, 9.17) is 0 Å². The van der Waals surface area contributed by atoms with E-state index in [0.29, 0.717) is 0 Å². The maximum absolute atomic E-state index is 10.1. The molecule has 0 atom stereocenters. The van der Waals surface area contributed by atoms with Gasteiger partial charge in [-0.25, -0.2) is 0 Å². The molecule has 0 saturated heterocycles. The summed E-state index contributed by atoms with van der Waals surface area (Å²) in [5.74, 6) is -1.21. The summed E-state index contributed by atoms with van der Waals surface area (Å²) in [5.41, 5.74) is 0.913. The topological polar surface area (TPSA) is 40.1 Å². The van der Waals surface area contributed by atoms with Crippen LogP contribution in [0.25, 0.3) is 0 Å². The Kier molecular flexibility index (Phi) is 3.75. The predicted octanol–water partition coefficient (Wildman–Crippen LogP) is -3.04. The molecule has 0 aliphatic heterocycles. The summed E-state index contributed by atoms with van der Waals surface area (Å²) in [6.45, 7) is 1.82. The zero-order valence-corrected chi connectivity index (χ0v) is 6.47. The van der Waals surface area contributed by atoms with Crippen LogP contribution in [-0.4, -0.2) is 5.97 Å². The molecule has 50 valence electrons. The van der Waals surface area contributed by atoms with Crippen molar-refractivity contribution in [1.29, 1.82) is 0 Å². The maximum Gasteiger partial charge on any atom is 1.00 e. The number of hydrogen-bond donors (Lipinski definition) is 0. The Bertz CT molecular complexity index is 241. The standard InChI is InChI=1S/C8H6O2.Li/c1-6-2-4-7(5-3-6)8(9)10;/h2,4H,1H3,(H,9,10);/q;+1/p-1. The summed E-state index contributed by atoms with van der Waals surface area (Å²) in [4.78, 5) is 10.1. The van der Waals surface area contributed by atoms with Crippen LogP contribution >= 0.6 is 0 Å². The van der Waals surface area contributed by atoms with E-state index in [1.165, 1.54) is 6.07 Å². The summed E-state index contributed by atoms with van der Waals surface area (Å²) in [6.07, 6.45) is 0. The number of carboxylic acids is 1. The van der Waals surface area contributed by atoms with Crippen molar-refractivity contribution in [2.75, 3.05) is 0 Å². The Hall–Kier alpha value is -0.893. The normalized spacial score (nSPS) is 7.73. The third-order valence-electron chi connectivity index (χ3n) is 1.11. The number of carboxylic acid groups (broad SMARTS) is 1. The summed E-state index contributed by atoms with van der Waals surface area (Å²) in [7, 11) is 0. The summed E-state index contributed by atoms with van der Waals surface area (Å²) >= 11 is 0. The molecule has 0 spiro atoms. The number of rotatable bonds is 1. The van der Waals surface area contributed by atoms with Gasteiger partial charge in [0.25, 0.3) is 0 Å². The van der Waals surface area contributed by atoms with Gasteiger partial charge in [-0.3, -0.25) is 0 Å². The predicted molar refractivity (Wildman–Crippen MR) is 33.2 cm³/mol. The summed E-state index contributed by atoms with van der Waals surface area (Å²) < 4.78 is 0. The molecule has 0 N–H and O–H groups in total. The van der Waals surface area contributed by atoms with Gasteiger partial charge in [0.1, 0.15) is 0 Å². The number of carbonyl (C=O) groups excluding carboxylic acids is 1. The van der Waals surface area contributed by atoms with Crippen LogP contribution in [-0.2, 0) is 0 Å². The van der Waals surface area contributed by atoms with Gasteiger partial charge in [-0.2, -0.15) is 0 Å². The van der Waals surface area contributed by atoms with E-state index in [-0.39, 0.29) is 24.4 Å². The van der Waals surface area contributed by atoms with Gasteiger partial charge in [0.15, 0.2) is 0 Å². The van der Waals surface area contributed by atoms with Crippen molar-refractivity contribution >= 4 is 5.97 Å². The molecule has 1 rings (SSSR count). The zero-order valence-electron chi connectivity index (χ0n) is 6.47. The molecule has 0 saturated carbocycles. The van der Waals surface area contributed by atoms with Gasteiger partial charge in [0, 0.05) is 5.56 Å². The molecule has 11 heavy (non-hydrogen) atoms. The Labute approximate surface area is 77.4 Å². The maximum atomic E-state index is 10.1. The van der Waals surface area contributed by atoms with Gasteiger partial charge in [-0.1, -0.05) is 12.1 Å². The molecular weight excluding hydrogens is 135 g/mol. The van der Waals surface area contributed by atoms with Gasteiger partial charge >= 0.3 is 18.9 Å². The fourth-order valence-corrected chi connectivity index (χ4v) is 0.577. The van der Waals surface area contributed by atoms with Gasteiger partial charge in [0.05, 0.1) is 5.97 Å². The van der Waals surface area contributed by atoms with Gasteiger partial charge < -0.3 is 9.90 Å². The molecule has 0 aromatic heterocycles. The first-order valence-corrected chi connectivity index (χ1v) is 2.82. The minimum atomic E-state index is -1.21. The molecule has 1 aromatic rings. The molecule has 0 aliphatic rings. The minimum absolute atomic E-state index is 0. The number of carbonyl (C=O) groups is 1. The molecule has 0 heterocycles. The second-order valence-corrected chi connectivity index (χ2v) is 1.97. The second kappa shape index (κ2) is 4.08. The Morgan fingerprint density at radius 3 is 2.45 bits per heavy atom. The number of aryl methyl sites for hydroxylation is 1. The molecule has 3 heteroatoms. The third-order valence-corrected chi connectivity index (χ3v) is 1.11. The molecule has 1 aromatic carbocycles. The molecular formula is C8H5LiO2. The van der Waals surface area contributed by atoms with Crippen molar-refractivity contribution in [3.63, 3.8) is 0 Å². The molecule has 0 bridgehead atoms. The van der Waals surface area contributed by atoms with Gasteiger partial charge in [-0.05, 0) is 24.6 Å². The fraction of sp³-hybridized carbons (Fsp3) is 0.125. The van der Waals surface area contributed by atoms with Crippen molar-refractivity contribution in [2.45, 2.75) is 6.92 Å². The Balaban J connectivity index is 0.000001000. The first kappa shape index (κ1) is 10.1. The van der Waals surface area contributed by atoms with E-state index in [1.54, 1.807) is 6.07 Å². The monoisotopic (exact) mass is 140 g/mol. The first-order valence-electron chi connectivity index (χ1n) is 2.82. The molecule has 0 fully saturated rings. The molecule has 0 amide bonds. The summed E-state index contributed by atoms with van der Waals surface area (Å²) in [6, 6.07) is 8.18. The first-order chi connectivity index (χ1) is 4.70. The van der Waals surface area contributed by atoms with Crippen LogP contribution in [0.3, 0.4) is 0 Å². The van der Waals surface area contributed by atoms with Crippen molar-refractivity contribution in [2.24, 2.45) is 0 Å². The average molecular weight is 140 g/mol. The second-order valence-electron chi connectivity index (χ2n) is 1.97. The van der Waals surface area contributed by atoms with Gasteiger partial charge in [0.2, 0.25) is 0 Å². The molecule has 2 nitrogen and oxygen atoms in total. The van der Waals surface area contributed by atoms with Crippen LogP contribution < -0.4 is 24.0 Å². The van der Waals surface area contributed by atoms with Crippen molar-refractivity contribution in [3.8, 4) is 0 Å². The number of aromatic carboxylic acids is 1. The molecule has 0 aliphatic carbocycles. The van der Waals surface area contributed by atoms with Crippen LogP contribution in [0.15, 0.2) is 12.1 Å². The van der Waals surface area contributed by atoms with Crippen LogP contribution in [0.2, 0.25) is 0 Å². The van der Waals surface area contributed by atoms with Crippen LogP contribution in [0.1, 0.15) is 15.9 Å². The van der Waals surface area contributed by atoms with E-state index in [2.05, 4.69) is 12.1 Å².